The largest absolute Gasteiger partial charge is 0.457 e. The molecule has 2 aromatic carbocycles. The average Bonchev–Trinajstić information content (AvgIpc) is 3.08. The quantitative estimate of drug-likeness (QED) is 0.343. The summed E-state index contributed by atoms with van der Waals surface area (Å²) in [5, 5.41) is 0.952. The van der Waals surface area contributed by atoms with Crippen LogP contribution in [0.3, 0.4) is 0 Å². The Morgan fingerprint density at radius 3 is 2.19 bits per heavy atom. The molecule has 1 amide bonds. The van der Waals surface area contributed by atoms with E-state index in [-0.39, 0.29) is 24.8 Å². The van der Waals surface area contributed by atoms with E-state index >= 15 is 0 Å². The van der Waals surface area contributed by atoms with Gasteiger partial charge >= 0.3 is 6.18 Å². The van der Waals surface area contributed by atoms with Crippen molar-refractivity contribution in [3.8, 4) is 11.5 Å². The molecule has 0 atom stereocenters. The van der Waals surface area contributed by atoms with Crippen LogP contribution in [0.5, 0.6) is 11.5 Å². The van der Waals surface area contributed by atoms with Gasteiger partial charge in [0.15, 0.2) is 0 Å². The van der Waals surface area contributed by atoms with Crippen molar-refractivity contribution in [2.24, 2.45) is 0 Å². The number of aromatic nitrogens is 1. The van der Waals surface area contributed by atoms with Gasteiger partial charge in [-0.15, -0.1) is 0 Å². The number of benzene rings is 2. The number of hydrogen-bond acceptors (Lipinski definition) is 5. The standard InChI is InChI=1S/C22H20ClF3N2O3S/c1-3-30-13-28(21-20(23)14(2)27-32-21)19(29)12-15-4-8-17(9-5-15)31-18-10-6-16(7-11-18)22(24,25)26/h4-11H,3,12-13H2,1-2H3. The summed E-state index contributed by atoms with van der Waals surface area (Å²) in [5.74, 6) is 0.508. The van der Waals surface area contributed by atoms with Gasteiger partial charge in [-0.2, -0.15) is 17.5 Å². The van der Waals surface area contributed by atoms with Crippen molar-refractivity contribution in [1.29, 1.82) is 0 Å². The first-order chi connectivity index (χ1) is 15.2. The van der Waals surface area contributed by atoms with E-state index in [1.165, 1.54) is 17.0 Å². The fourth-order valence-electron chi connectivity index (χ4n) is 2.73. The van der Waals surface area contributed by atoms with Crippen LogP contribution in [0.15, 0.2) is 48.5 Å². The number of carbonyl (C=O) groups excluding carboxylic acids is 1. The molecule has 0 aliphatic heterocycles. The predicted octanol–water partition coefficient (Wildman–Crippen LogP) is 6.49. The summed E-state index contributed by atoms with van der Waals surface area (Å²) < 4.78 is 53.2. The summed E-state index contributed by atoms with van der Waals surface area (Å²) in [5.41, 5.74) is 0.630. The third-order valence-corrected chi connectivity index (χ3v) is 5.97. The highest BCUT2D eigenvalue weighted by Crippen LogP contribution is 2.34. The zero-order valence-corrected chi connectivity index (χ0v) is 18.9. The van der Waals surface area contributed by atoms with Crippen molar-refractivity contribution in [3.05, 3.63) is 70.4 Å². The second kappa shape index (κ2) is 10.3. The smallest absolute Gasteiger partial charge is 0.416 e. The summed E-state index contributed by atoms with van der Waals surface area (Å²) in [6, 6.07) is 11.2. The van der Waals surface area contributed by atoms with Gasteiger partial charge < -0.3 is 9.47 Å². The lowest BCUT2D eigenvalue weighted by Crippen LogP contribution is -2.34. The number of ether oxygens (including phenoxy) is 2. The van der Waals surface area contributed by atoms with E-state index in [2.05, 4.69) is 4.37 Å². The van der Waals surface area contributed by atoms with Gasteiger partial charge in [-0.3, -0.25) is 9.69 Å². The number of anilines is 1. The molecule has 0 aliphatic carbocycles. The predicted molar refractivity (Wildman–Crippen MR) is 118 cm³/mol. The molecule has 10 heteroatoms. The normalized spacial score (nSPS) is 11.4. The molecule has 170 valence electrons. The Balaban J connectivity index is 1.67. The summed E-state index contributed by atoms with van der Waals surface area (Å²) in [6.45, 7) is 4.10. The molecule has 0 aliphatic rings. The molecular formula is C22H20ClF3N2O3S. The van der Waals surface area contributed by atoms with Gasteiger partial charge in [-0.25, -0.2) is 0 Å². The lowest BCUT2D eigenvalue weighted by atomic mass is 10.1. The lowest BCUT2D eigenvalue weighted by Gasteiger charge is -2.21. The van der Waals surface area contributed by atoms with Crippen molar-refractivity contribution < 1.29 is 27.4 Å². The van der Waals surface area contributed by atoms with E-state index < -0.39 is 11.7 Å². The van der Waals surface area contributed by atoms with Crippen LogP contribution in [0, 0.1) is 6.92 Å². The Morgan fingerprint density at radius 2 is 1.69 bits per heavy atom. The lowest BCUT2D eigenvalue weighted by molar-refractivity contribution is -0.137. The number of alkyl halides is 3. The molecule has 0 N–H and O–H groups in total. The summed E-state index contributed by atoms with van der Waals surface area (Å²) in [6.07, 6.45) is -4.30. The van der Waals surface area contributed by atoms with Gasteiger partial charge in [-0.1, -0.05) is 23.7 Å². The first-order valence-electron chi connectivity index (χ1n) is 9.63. The third-order valence-electron chi connectivity index (χ3n) is 4.44. The zero-order valence-electron chi connectivity index (χ0n) is 17.3. The number of amides is 1. The molecule has 32 heavy (non-hydrogen) atoms. The van der Waals surface area contributed by atoms with E-state index in [9.17, 15) is 18.0 Å². The van der Waals surface area contributed by atoms with Gasteiger partial charge in [0.1, 0.15) is 23.2 Å². The van der Waals surface area contributed by atoms with Crippen LogP contribution in [-0.4, -0.2) is 23.6 Å². The Bertz CT molecular complexity index is 1050. The van der Waals surface area contributed by atoms with Gasteiger partial charge in [0.25, 0.3) is 0 Å². The highest BCUT2D eigenvalue weighted by atomic mass is 35.5. The maximum Gasteiger partial charge on any atom is 0.416 e. The molecular weight excluding hydrogens is 465 g/mol. The van der Waals surface area contributed by atoms with Crippen molar-refractivity contribution >= 4 is 34.0 Å². The van der Waals surface area contributed by atoms with E-state index in [1.54, 1.807) is 31.2 Å². The summed E-state index contributed by atoms with van der Waals surface area (Å²) in [4.78, 5) is 14.4. The maximum atomic E-state index is 12.9. The topological polar surface area (TPSA) is 51.7 Å². The molecule has 0 saturated carbocycles. The number of carbonyl (C=O) groups is 1. The first-order valence-corrected chi connectivity index (χ1v) is 10.8. The molecule has 0 saturated heterocycles. The average molecular weight is 485 g/mol. The van der Waals surface area contributed by atoms with Crippen LogP contribution in [0.4, 0.5) is 18.2 Å². The minimum Gasteiger partial charge on any atom is -0.457 e. The van der Waals surface area contributed by atoms with Gasteiger partial charge in [0.05, 0.1) is 22.7 Å². The van der Waals surface area contributed by atoms with Crippen molar-refractivity contribution in [1.82, 2.24) is 4.37 Å². The fraction of sp³-hybridized carbons (Fsp3) is 0.273. The second-order valence-electron chi connectivity index (χ2n) is 6.78. The van der Waals surface area contributed by atoms with Gasteiger partial charge in [0.2, 0.25) is 5.91 Å². The highest BCUT2D eigenvalue weighted by molar-refractivity contribution is 7.11. The molecule has 3 rings (SSSR count). The van der Waals surface area contributed by atoms with Crippen molar-refractivity contribution in [2.45, 2.75) is 26.4 Å². The number of hydrogen-bond donors (Lipinski definition) is 0. The molecule has 1 heterocycles. The van der Waals surface area contributed by atoms with Gasteiger partial charge in [0, 0.05) is 6.61 Å². The molecule has 1 aromatic heterocycles. The molecule has 3 aromatic rings. The number of nitrogens with zero attached hydrogens (tertiary/aromatic N) is 2. The van der Waals surface area contributed by atoms with Crippen LogP contribution in [0.25, 0.3) is 0 Å². The first kappa shape index (κ1) is 24.0. The summed E-state index contributed by atoms with van der Waals surface area (Å²) in [7, 11) is 0. The molecule has 0 fully saturated rings. The number of aryl methyl sites for hydroxylation is 1. The molecule has 0 radical (unpaired) electrons. The minimum atomic E-state index is -4.40. The second-order valence-corrected chi connectivity index (χ2v) is 7.91. The van der Waals surface area contributed by atoms with Crippen LogP contribution < -0.4 is 9.64 Å². The Hall–Kier alpha value is -2.62. The summed E-state index contributed by atoms with van der Waals surface area (Å²) >= 11 is 7.41. The Kier molecular flexibility index (Phi) is 7.76. The van der Waals surface area contributed by atoms with E-state index in [0.717, 1.165) is 29.2 Å². The van der Waals surface area contributed by atoms with Crippen LogP contribution >= 0.6 is 23.1 Å². The monoisotopic (exact) mass is 484 g/mol. The fourth-order valence-corrected chi connectivity index (χ4v) is 3.83. The maximum absolute atomic E-state index is 12.9. The zero-order chi connectivity index (χ0) is 23.3. The molecule has 5 nitrogen and oxygen atoms in total. The number of rotatable bonds is 8. The Morgan fingerprint density at radius 1 is 1.09 bits per heavy atom. The van der Waals surface area contributed by atoms with Crippen LogP contribution in [0.1, 0.15) is 23.7 Å². The highest BCUT2D eigenvalue weighted by Gasteiger charge is 2.30. The van der Waals surface area contributed by atoms with E-state index in [0.29, 0.717) is 28.1 Å². The third kappa shape index (κ3) is 5.99. The molecule has 0 unspecified atom stereocenters. The van der Waals surface area contributed by atoms with Crippen LogP contribution in [-0.2, 0) is 22.1 Å². The van der Waals surface area contributed by atoms with E-state index in [1.807, 2.05) is 6.92 Å². The number of halogens is 4. The minimum absolute atomic E-state index is 0.0613. The SMILES string of the molecule is CCOCN(C(=O)Cc1ccc(Oc2ccc(C(F)(F)F)cc2)cc1)c1snc(C)c1Cl. The molecule has 0 bridgehead atoms. The van der Waals surface area contributed by atoms with Crippen molar-refractivity contribution in [2.75, 3.05) is 18.2 Å². The van der Waals surface area contributed by atoms with E-state index in [4.69, 9.17) is 21.1 Å². The van der Waals surface area contributed by atoms with Crippen LogP contribution in [0.2, 0.25) is 5.02 Å². The Labute approximate surface area is 192 Å². The van der Waals surface area contributed by atoms with Gasteiger partial charge in [-0.05, 0) is 67.3 Å². The van der Waals surface area contributed by atoms with Crippen molar-refractivity contribution in [3.63, 3.8) is 0 Å². The molecule has 0 spiro atoms.